The molecular formula is C14H13FN2S2. The van der Waals surface area contributed by atoms with E-state index in [1.165, 1.54) is 10.9 Å². The Balaban J connectivity index is 1.92. The summed E-state index contributed by atoms with van der Waals surface area (Å²) in [6.45, 7) is 0. The van der Waals surface area contributed by atoms with Crippen LogP contribution in [0.5, 0.6) is 0 Å². The first-order chi connectivity index (χ1) is 9.26. The quantitative estimate of drug-likeness (QED) is 0.566. The number of benzene rings is 1. The lowest BCUT2D eigenvalue weighted by atomic mass is 10.1. The Morgan fingerprint density at radius 1 is 1.26 bits per heavy atom. The smallest absolute Gasteiger partial charge is 0.123 e. The first kappa shape index (κ1) is 12.7. The van der Waals surface area contributed by atoms with Crippen LogP contribution in [0.1, 0.15) is 15.8 Å². The molecule has 1 unspecified atom stereocenters. The highest BCUT2D eigenvalue weighted by molar-refractivity contribution is 7.19. The molecule has 3 aromatic rings. The number of nitrogens with one attached hydrogen (secondary N) is 1. The largest absolute Gasteiger partial charge is 0.271 e. The maximum Gasteiger partial charge on any atom is 0.123 e. The number of hydrogen-bond acceptors (Lipinski definition) is 4. The van der Waals surface area contributed by atoms with Crippen molar-refractivity contribution >= 4 is 32.8 Å². The predicted molar refractivity (Wildman–Crippen MR) is 79.9 cm³/mol. The van der Waals surface area contributed by atoms with Crippen LogP contribution >= 0.6 is 22.7 Å². The Kier molecular flexibility index (Phi) is 3.61. The maximum absolute atomic E-state index is 13.2. The van der Waals surface area contributed by atoms with Crippen molar-refractivity contribution in [2.45, 2.75) is 12.5 Å². The summed E-state index contributed by atoms with van der Waals surface area (Å²) in [7, 11) is 0. The van der Waals surface area contributed by atoms with Gasteiger partial charge in [-0.2, -0.15) is 0 Å². The number of thiophene rings is 2. The second-order valence-corrected chi connectivity index (χ2v) is 6.48. The van der Waals surface area contributed by atoms with Gasteiger partial charge in [0.2, 0.25) is 0 Å². The Hall–Kier alpha value is -1.27. The average molecular weight is 292 g/mol. The zero-order chi connectivity index (χ0) is 13.2. The van der Waals surface area contributed by atoms with E-state index in [1.807, 2.05) is 18.2 Å². The predicted octanol–water partition coefficient (Wildman–Crippen LogP) is 3.85. The van der Waals surface area contributed by atoms with Crippen molar-refractivity contribution < 1.29 is 4.39 Å². The van der Waals surface area contributed by atoms with E-state index in [4.69, 9.17) is 5.84 Å². The maximum atomic E-state index is 13.2. The molecule has 1 atom stereocenters. The molecule has 5 heteroatoms. The molecule has 0 amide bonds. The van der Waals surface area contributed by atoms with Crippen LogP contribution in [-0.2, 0) is 6.42 Å². The molecule has 1 aromatic carbocycles. The molecule has 98 valence electrons. The van der Waals surface area contributed by atoms with Crippen LogP contribution in [0, 0.1) is 5.82 Å². The molecule has 2 aromatic heterocycles. The number of halogens is 1. The molecular weight excluding hydrogens is 279 g/mol. The number of hydrazine groups is 1. The third kappa shape index (κ3) is 2.69. The molecule has 0 fully saturated rings. The van der Waals surface area contributed by atoms with Gasteiger partial charge in [-0.05, 0) is 41.1 Å². The van der Waals surface area contributed by atoms with Crippen molar-refractivity contribution in [1.82, 2.24) is 5.43 Å². The third-order valence-electron chi connectivity index (χ3n) is 3.03. The van der Waals surface area contributed by atoms with Crippen LogP contribution in [0.4, 0.5) is 4.39 Å². The van der Waals surface area contributed by atoms with Gasteiger partial charge in [0.15, 0.2) is 0 Å². The highest BCUT2D eigenvalue weighted by atomic mass is 32.1. The van der Waals surface area contributed by atoms with E-state index in [-0.39, 0.29) is 11.9 Å². The fourth-order valence-electron chi connectivity index (χ4n) is 2.08. The molecule has 0 aliphatic heterocycles. The number of rotatable bonds is 4. The lowest BCUT2D eigenvalue weighted by Crippen LogP contribution is -2.28. The van der Waals surface area contributed by atoms with Crippen LogP contribution in [0.15, 0.2) is 41.8 Å². The summed E-state index contributed by atoms with van der Waals surface area (Å²) in [6, 6.07) is 11.1. The Labute approximate surface area is 118 Å². The van der Waals surface area contributed by atoms with E-state index < -0.39 is 0 Å². The minimum absolute atomic E-state index is 0.0686. The molecule has 0 aliphatic carbocycles. The molecule has 0 saturated heterocycles. The summed E-state index contributed by atoms with van der Waals surface area (Å²) in [4.78, 5) is 2.42. The fourth-order valence-corrected chi connectivity index (χ4v) is 3.94. The summed E-state index contributed by atoms with van der Waals surface area (Å²) in [6.07, 6.45) is 0.851. The second-order valence-electron chi connectivity index (χ2n) is 4.33. The van der Waals surface area contributed by atoms with Gasteiger partial charge in [-0.3, -0.25) is 11.3 Å². The SMILES string of the molecule is NNC(Cc1cccs1)c1cc2cc(F)ccc2s1. The van der Waals surface area contributed by atoms with E-state index >= 15 is 0 Å². The van der Waals surface area contributed by atoms with Gasteiger partial charge in [0.05, 0.1) is 6.04 Å². The summed E-state index contributed by atoms with van der Waals surface area (Å²) in [5.41, 5.74) is 2.86. The second kappa shape index (κ2) is 5.38. The van der Waals surface area contributed by atoms with Crippen LogP contribution in [0.3, 0.4) is 0 Å². The van der Waals surface area contributed by atoms with Gasteiger partial charge >= 0.3 is 0 Å². The Morgan fingerprint density at radius 2 is 2.16 bits per heavy atom. The molecule has 3 N–H and O–H groups in total. The highest BCUT2D eigenvalue weighted by Gasteiger charge is 2.14. The number of fused-ring (bicyclic) bond motifs is 1. The first-order valence-corrected chi connectivity index (χ1v) is 7.63. The van der Waals surface area contributed by atoms with E-state index in [0.29, 0.717) is 0 Å². The lowest BCUT2D eigenvalue weighted by Gasteiger charge is -2.12. The molecule has 0 bridgehead atoms. The Morgan fingerprint density at radius 3 is 2.89 bits per heavy atom. The van der Waals surface area contributed by atoms with Gasteiger partial charge in [-0.15, -0.1) is 22.7 Å². The van der Waals surface area contributed by atoms with Crippen molar-refractivity contribution in [3.8, 4) is 0 Å². The summed E-state index contributed by atoms with van der Waals surface area (Å²) in [5, 5.41) is 3.00. The van der Waals surface area contributed by atoms with Crippen LogP contribution < -0.4 is 11.3 Å². The van der Waals surface area contributed by atoms with Gasteiger partial charge in [-0.1, -0.05) is 6.07 Å². The minimum Gasteiger partial charge on any atom is -0.271 e. The molecule has 2 heterocycles. The van der Waals surface area contributed by atoms with Crippen molar-refractivity contribution in [2.75, 3.05) is 0 Å². The molecule has 0 spiro atoms. The molecule has 0 radical (unpaired) electrons. The molecule has 0 aliphatic rings. The van der Waals surface area contributed by atoms with Crippen molar-refractivity contribution in [2.24, 2.45) is 5.84 Å². The molecule has 0 saturated carbocycles. The summed E-state index contributed by atoms with van der Waals surface area (Å²) in [5.74, 6) is 5.46. The first-order valence-electron chi connectivity index (χ1n) is 5.94. The zero-order valence-electron chi connectivity index (χ0n) is 10.1. The molecule has 19 heavy (non-hydrogen) atoms. The van der Waals surface area contributed by atoms with E-state index in [0.717, 1.165) is 21.4 Å². The third-order valence-corrected chi connectivity index (χ3v) is 5.16. The molecule has 2 nitrogen and oxygen atoms in total. The normalized spacial score (nSPS) is 12.9. The highest BCUT2D eigenvalue weighted by Crippen LogP contribution is 2.32. The van der Waals surface area contributed by atoms with Gasteiger partial charge in [-0.25, -0.2) is 4.39 Å². The molecule has 3 rings (SSSR count). The van der Waals surface area contributed by atoms with Gasteiger partial charge in [0.25, 0.3) is 0 Å². The van der Waals surface area contributed by atoms with E-state index in [1.54, 1.807) is 28.7 Å². The van der Waals surface area contributed by atoms with Crippen LogP contribution in [0.2, 0.25) is 0 Å². The van der Waals surface area contributed by atoms with Crippen molar-refractivity contribution in [1.29, 1.82) is 0 Å². The topological polar surface area (TPSA) is 38.0 Å². The Bertz CT molecular complexity index is 676. The van der Waals surface area contributed by atoms with Crippen molar-refractivity contribution in [3.63, 3.8) is 0 Å². The lowest BCUT2D eigenvalue weighted by molar-refractivity contribution is 0.564. The van der Waals surface area contributed by atoms with Gasteiger partial charge in [0, 0.05) is 20.9 Å². The van der Waals surface area contributed by atoms with Crippen LogP contribution in [-0.4, -0.2) is 0 Å². The van der Waals surface area contributed by atoms with E-state index in [9.17, 15) is 4.39 Å². The average Bonchev–Trinajstić information content (AvgIpc) is 3.03. The monoisotopic (exact) mass is 292 g/mol. The number of hydrogen-bond donors (Lipinski definition) is 2. The van der Waals surface area contributed by atoms with Crippen LogP contribution in [0.25, 0.3) is 10.1 Å². The summed E-state index contributed by atoms with van der Waals surface area (Å²) < 4.78 is 14.3. The van der Waals surface area contributed by atoms with Gasteiger partial charge in [0.1, 0.15) is 5.82 Å². The summed E-state index contributed by atoms with van der Waals surface area (Å²) >= 11 is 3.38. The zero-order valence-corrected chi connectivity index (χ0v) is 11.7. The minimum atomic E-state index is -0.202. The number of nitrogens with two attached hydrogens (primary N) is 1. The fraction of sp³-hybridized carbons (Fsp3) is 0.143. The van der Waals surface area contributed by atoms with Gasteiger partial charge < -0.3 is 0 Å². The van der Waals surface area contributed by atoms with E-state index in [2.05, 4.69) is 16.9 Å². The van der Waals surface area contributed by atoms with Crippen molar-refractivity contribution in [3.05, 3.63) is 57.3 Å². The standard InChI is InChI=1S/C14H13FN2S2/c15-10-3-4-13-9(6-10)7-14(19-13)12(17-16)8-11-2-1-5-18-11/h1-7,12,17H,8,16H2.